The summed E-state index contributed by atoms with van der Waals surface area (Å²) in [5.41, 5.74) is 1.20. The van der Waals surface area contributed by atoms with Crippen LogP contribution < -0.4 is 4.90 Å². The first-order valence-electron chi connectivity index (χ1n) is 6.05. The van der Waals surface area contributed by atoms with Crippen molar-refractivity contribution in [3.8, 4) is 0 Å². The van der Waals surface area contributed by atoms with Gasteiger partial charge in [0.2, 0.25) is 0 Å². The summed E-state index contributed by atoms with van der Waals surface area (Å²) < 4.78 is 38.5. The van der Waals surface area contributed by atoms with Gasteiger partial charge in [0.05, 0.1) is 5.56 Å². The van der Waals surface area contributed by atoms with Crippen molar-refractivity contribution in [3.05, 3.63) is 52.7 Å². The molecule has 0 aliphatic carbocycles. The highest BCUT2D eigenvalue weighted by Gasteiger charge is 2.32. The molecule has 1 aromatic heterocycles. The second kappa shape index (κ2) is 4.66. The Hall–Kier alpha value is -1.75. The van der Waals surface area contributed by atoms with E-state index >= 15 is 0 Å². The number of pyridine rings is 1. The van der Waals surface area contributed by atoms with E-state index in [1.54, 1.807) is 4.90 Å². The van der Waals surface area contributed by atoms with Crippen molar-refractivity contribution in [1.82, 2.24) is 4.98 Å². The van der Waals surface area contributed by atoms with Crippen LogP contribution in [0.5, 0.6) is 0 Å². The van der Waals surface area contributed by atoms with Crippen molar-refractivity contribution in [3.63, 3.8) is 0 Å². The lowest BCUT2D eigenvalue weighted by atomic mass is 10.2. The van der Waals surface area contributed by atoms with Crippen LogP contribution in [0.4, 0.5) is 24.7 Å². The molecule has 1 aromatic carbocycles. The maximum absolute atomic E-state index is 12.8. The smallest absolute Gasteiger partial charge is 0.326 e. The zero-order chi connectivity index (χ0) is 14.3. The highest BCUT2D eigenvalue weighted by atomic mass is 35.5. The predicted molar refractivity (Wildman–Crippen MR) is 71.4 cm³/mol. The van der Waals surface area contributed by atoms with Gasteiger partial charge in [-0.15, -0.1) is 0 Å². The minimum absolute atomic E-state index is 0.154. The molecular formula is C14H10ClF3N2. The third-order valence-electron chi connectivity index (χ3n) is 3.27. The largest absolute Gasteiger partial charge is 0.416 e. The number of hydrogen-bond donors (Lipinski definition) is 0. The van der Waals surface area contributed by atoms with Crippen LogP contribution in [0.2, 0.25) is 5.15 Å². The van der Waals surface area contributed by atoms with Gasteiger partial charge in [0, 0.05) is 12.2 Å². The van der Waals surface area contributed by atoms with Gasteiger partial charge in [-0.25, -0.2) is 4.98 Å². The fourth-order valence-electron chi connectivity index (χ4n) is 2.36. The highest BCUT2D eigenvalue weighted by Crippen LogP contribution is 2.37. The van der Waals surface area contributed by atoms with Gasteiger partial charge >= 0.3 is 6.18 Å². The van der Waals surface area contributed by atoms with Gasteiger partial charge in [-0.1, -0.05) is 29.8 Å². The number of benzene rings is 1. The molecule has 0 radical (unpaired) electrons. The van der Waals surface area contributed by atoms with Crippen LogP contribution in [0.25, 0.3) is 0 Å². The Morgan fingerprint density at radius 1 is 1.15 bits per heavy atom. The Balaban J connectivity index is 2.06. The fraction of sp³-hybridized carbons (Fsp3) is 0.214. The van der Waals surface area contributed by atoms with Gasteiger partial charge in [-0.3, -0.25) is 0 Å². The standard InChI is InChI=1S/C14H10ClF3N2/c15-12-7-10(14(16,17)18)8-13(19-12)20-6-5-9-3-1-2-4-11(9)20/h1-4,7-8H,5-6H2. The summed E-state index contributed by atoms with van der Waals surface area (Å²) in [5.74, 6) is 0.231. The van der Waals surface area contributed by atoms with Gasteiger partial charge in [-0.05, 0) is 30.2 Å². The summed E-state index contributed by atoms with van der Waals surface area (Å²) in [4.78, 5) is 5.78. The molecule has 1 aliphatic heterocycles. The SMILES string of the molecule is FC(F)(F)c1cc(Cl)nc(N2CCc3ccccc32)c1. The zero-order valence-electron chi connectivity index (χ0n) is 10.3. The van der Waals surface area contributed by atoms with Crippen LogP contribution >= 0.6 is 11.6 Å². The first-order valence-corrected chi connectivity index (χ1v) is 6.43. The third kappa shape index (κ3) is 2.33. The number of fused-ring (bicyclic) bond motifs is 1. The Kier molecular flexibility index (Phi) is 3.09. The van der Waals surface area contributed by atoms with E-state index < -0.39 is 11.7 Å². The molecule has 6 heteroatoms. The number of nitrogens with zero attached hydrogens (tertiary/aromatic N) is 2. The summed E-state index contributed by atoms with van der Waals surface area (Å²) in [6.45, 7) is 0.601. The Bertz CT molecular complexity index is 655. The maximum Gasteiger partial charge on any atom is 0.416 e. The van der Waals surface area contributed by atoms with Gasteiger partial charge in [-0.2, -0.15) is 13.2 Å². The van der Waals surface area contributed by atoms with E-state index in [0.717, 1.165) is 29.8 Å². The average Bonchev–Trinajstić information content (AvgIpc) is 2.80. The second-order valence-corrected chi connectivity index (χ2v) is 4.95. The lowest BCUT2D eigenvalue weighted by Crippen LogP contribution is -2.16. The maximum atomic E-state index is 12.8. The topological polar surface area (TPSA) is 16.1 Å². The normalized spacial score (nSPS) is 14.5. The lowest BCUT2D eigenvalue weighted by molar-refractivity contribution is -0.137. The summed E-state index contributed by atoms with van der Waals surface area (Å²) in [6, 6.07) is 9.48. The van der Waals surface area contributed by atoms with Crippen LogP contribution in [0.1, 0.15) is 11.1 Å². The molecule has 104 valence electrons. The first-order chi connectivity index (χ1) is 9.45. The molecule has 2 nitrogen and oxygen atoms in total. The molecule has 1 aliphatic rings. The first kappa shape index (κ1) is 13.2. The monoisotopic (exact) mass is 298 g/mol. The van der Waals surface area contributed by atoms with Gasteiger partial charge in [0.1, 0.15) is 11.0 Å². The molecule has 0 fully saturated rings. The third-order valence-corrected chi connectivity index (χ3v) is 3.47. The minimum Gasteiger partial charge on any atom is -0.326 e. The van der Waals surface area contributed by atoms with Gasteiger partial charge in [0.15, 0.2) is 0 Å². The number of rotatable bonds is 1. The number of anilines is 2. The molecule has 0 saturated carbocycles. The molecule has 0 amide bonds. The number of hydrogen-bond acceptors (Lipinski definition) is 2. The van der Waals surface area contributed by atoms with Gasteiger partial charge in [0.25, 0.3) is 0 Å². The fourth-order valence-corrected chi connectivity index (χ4v) is 2.57. The second-order valence-electron chi connectivity index (χ2n) is 4.56. The van der Waals surface area contributed by atoms with Crippen LogP contribution in [0.15, 0.2) is 36.4 Å². The van der Waals surface area contributed by atoms with E-state index in [4.69, 9.17) is 11.6 Å². The van der Waals surface area contributed by atoms with E-state index in [2.05, 4.69) is 4.98 Å². The number of alkyl halides is 3. The molecule has 0 N–H and O–H groups in total. The quantitative estimate of drug-likeness (QED) is 0.723. The molecule has 3 rings (SSSR count). The van der Waals surface area contributed by atoms with E-state index in [1.807, 2.05) is 24.3 Å². The van der Waals surface area contributed by atoms with E-state index in [-0.39, 0.29) is 11.0 Å². The lowest BCUT2D eigenvalue weighted by Gasteiger charge is -2.20. The minimum atomic E-state index is -4.43. The van der Waals surface area contributed by atoms with Crippen molar-refractivity contribution in [2.24, 2.45) is 0 Å². The molecule has 2 heterocycles. The Labute approximate surface area is 118 Å². The number of halogens is 4. The zero-order valence-corrected chi connectivity index (χ0v) is 11.0. The molecule has 0 spiro atoms. The summed E-state index contributed by atoms with van der Waals surface area (Å²) in [7, 11) is 0. The average molecular weight is 299 g/mol. The molecule has 20 heavy (non-hydrogen) atoms. The molecule has 0 atom stereocenters. The van der Waals surface area contributed by atoms with Crippen LogP contribution in [-0.2, 0) is 12.6 Å². The van der Waals surface area contributed by atoms with Crippen LogP contribution in [0, 0.1) is 0 Å². The summed E-state index contributed by atoms with van der Waals surface area (Å²) in [6.07, 6.45) is -3.65. The Morgan fingerprint density at radius 2 is 1.90 bits per heavy atom. The predicted octanol–water partition coefficient (Wildman–Crippen LogP) is 4.45. The molecule has 0 bridgehead atoms. The van der Waals surface area contributed by atoms with Crippen molar-refractivity contribution in [1.29, 1.82) is 0 Å². The Morgan fingerprint density at radius 3 is 2.65 bits per heavy atom. The number of aromatic nitrogens is 1. The number of para-hydroxylation sites is 1. The molecule has 0 unspecified atom stereocenters. The summed E-state index contributed by atoms with van der Waals surface area (Å²) in [5, 5.41) is -0.154. The highest BCUT2D eigenvalue weighted by molar-refractivity contribution is 6.29. The van der Waals surface area contributed by atoms with Crippen LogP contribution in [0.3, 0.4) is 0 Å². The summed E-state index contributed by atoms with van der Waals surface area (Å²) >= 11 is 5.72. The van der Waals surface area contributed by atoms with E-state index in [9.17, 15) is 13.2 Å². The molecule has 0 saturated heterocycles. The van der Waals surface area contributed by atoms with Crippen molar-refractivity contribution < 1.29 is 13.2 Å². The van der Waals surface area contributed by atoms with Crippen LogP contribution in [-0.4, -0.2) is 11.5 Å². The van der Waals surface area contributed by atoms with Crippen molar-refractivity contribution in [2.45, 2.75) is 12.6 Å². The molecular weight excluding hydrogens is 289 g/mol. The van der Waals surface area contributed by atoms with Crippen molar-refractivity contribution >= 4 is 23.1 Å². The molecule has 2 aromatic rings. The van der Waals surface area contributed by atoms with Crippen molar-refractivity contribution in [2.75, 3.05) is 11.4 Å². The van der Waals surface area contributed by atoms with E-state index in [1.165, 1.54) is 0 Å². The van der Waals surface area contributed by atoms with E-state index in [0.29, 0.717) is 6.54 Å². The van der Waals surface area contributed by atoms with Gasteiger partial charge < -0.3 is 4.90 Å².